The third kappa shape index (κ3) is 3.15. The van der Waals surface area contributed by atoms with Crippen molar-refractivity contribution in [2.24, 2.45) is 5.73 Å². The highest BCUT2D eigenvalue weighted by molar-refractivity contribution is 7.09. The summed E-state index contributed by atoms with van der Waals surface area (Å²) >= 11 is 7.50. The Bertz CT molecular complexity index is 675. The van der Waals surface area contributed by atoms with E-state index < -0.39 is 0 Å². The van der Waals surface area contributed by atoms with E-state index in [4.69, 9.17) is 17.3 Å². The number of rotatable bonds is 3. The Morgan fingerprint density at radius 3 is 3.14 bits per heavy atom. The first-order chi connectivity index (χ1) is 10.7. The van der Waals surface area contributed by atoms with Gasteiger partial charge >= 0.3 is 0 Å². The number of nitrogens with zero attached hydrogens (tertiary/aromatic N) is 2. The molecule has 0 spiro atoms. The van der Waals surface area contributed by atoms with Crippen LogP contribution in [0.25, 0.3) is 0 Å². The average molecular weight is 337 g/mol. The number of halogens is 1. The molecule has 1 amide bonds. The maximum atomic E-state index is 12.8. The molecule has 1 aromatic heterocycles. The van der Waals surface area contributed by atoms with E-state index >= 15 is 0 Å². The molecular formula is C15H17ClN4OS. The summed E-state index contributed by atoms with van der Waals surface area (Å²) in [5.41, 5.74) is 7.08. The Morgan fingerprint density at radius 1 is 1.55 bits per heavy atom. The van der Waals surface area contributed by atoms with E-state index in [2.05, 4.69) is 10.3 Å². The van der Waals surface area contributed by atoms with Gasteiger partial charge < -0.3 is 16.0 Å². The number of piperazine rings is 1. The molecule has 2 heterocycles. The average Bonchev–Trinajstić information content (AvgIpc) is 3.03. The molecule has 1 atom stereocenters. The van der Waals surface area contributed by atoms with Gasteiger partial charge in [-0.05, 0) is 17.7 Å². The summed E-state index contributed by atoms with van der Waals surface area (Å²) in [7, 11) is 0. The maximum absolute atomic E-state index is 12.8. The molecule has 0 bridgehead atoms. The lowest BCUT2D eigenvalue weighted by Crippen LogP contribution is -2.48. The summed E-state index contributed by atoms with van der Waals surface area (Å²) in [5.74, 6) is -0.0533. The summed E-state index contributed by atoms with van der Waals surface area (Å²) in [5, 5.41) is 6.56. The molecule has 1 fully saturated rings. The molecule has 0 aliphatic carbocycles. The van der Waals surface area contributed by atoms with Crippen molar-refractivity contribution in [2.45, 2.75) is 12.6 Å². The van der Waals surface area contributed by atoms with Gasteiger partial charge in [-0.3, -0.25) is 4.79 Å². The van der Waals surface area contributed by atoms with Gasteiger partial charge in [0.15, 0.2) is 0 Å². The first kappa shape index (κ1) is 15.4. The molecule has 2 aromatic rings. The fourth-order valence-electron chi connectivity index (χ4n) is 2.61. The van der Waals surface area contributed by atoms with Crippen molar-refractivity contribution in [1.82, 2.24) is 15.2 Å². The second-order valence-corrected chi connectivity index (χ2v) is 6.48. The molecule has 1 aliphatic rings. The molecule has 3 rings (SSSR count). The summed E-state index contributed by atoms with van der Waals surface area (Å²) in [6.07, 6.45) is 0. The minimum atomic E-state index is -0.0533. The van der Waals surface area contributed by atoms with Gasteiger partial charge in [-0.25, -0.2) is 4.98 Å². The van der Waals surface area contributed by atoms with E-state index in [0.29, 0.717) is 30.4 Å². The second-order valence-electron chi connectivity index (χ2n) is 5.10. The third-order valence-corrected chi connectivity index (χ3v) is 4.79. The van der Waals surface area contributed by atoms with E-state index in [1.165, 1.54) is 11.3 Å². The van der Waals surface area contributed by atoms with Crippen LogP contribution in [0.2, 0.25) is 5.02 Å². The smallest absolute Gasteiger partial charge is 0.273 e. The molecule has 0 radical (unpaired) electrons. The van der Waals surface area contributed by atoms with Crippen LogP contribution >= 0.6 is 22.9 Å². The number of benzene rings is 1. The number of thiazole rings is 1. The van der Waals surface area contributed by atoms with Gasteiger partial charge in [-0.2, -0.15) is 0 Å². The third-order valence-electron chi connectivity index (χ3n) is 3.68. The predicted molar refractivity (Wildman–Crippen MR) is 88.1 cm³/mol. The number of nitrogens with two attached hydrogens (primary N) is 1. The molecule has 1 aromatic carbocycles. The predicted octanol–water partition coefficient (Wildman–Crippen LogP) is 2.04. The lowest BCUT2D eigenvalue weighted by Gasteiger charge is -2.36. The highest BCUT2D eigenvalue weighted by atomic mass is 35.5. The lowest BCUT2D eigenvalue weighted by molar-refractivity contribution is 0.0629. The minimum Gasteiger partial charge on any atom is -0.328 e. The Labute approximate surface area is 138 Å². The number of nitrogens with one attached hydrogen (secondary N) is 1. The van der Waals surface area contributed by atoms with Crippen molar-refractivity contribution in [3.8, 4) is 0 Å². The van der Waals surface area contributed by atoms with E-state index in [1.807, 2.05) is 29.2 Å². The number of carbonyl (C=O) groups excluding carboxylic acids is 1. The van der Waals surface area contributed by atoms with Gasteiger partial charge in [-0.1, -0.05) is 23.7 Å². The number of hydrogen-bond donors (Lipinski definition) is 2. The molecule has 3 N–H and O–H groups in total. The van der Waals surface area contributed by atoms with Crippen molar-refractivity contribution in [1.29, 1.82) is 0 Å². The Balaban J connectivity index is 1.87. The van der Waals surface area contributed by atoms with Crippen LogP contribution in [0.4, 0.5) is 0 Å². The molecule has 22 heavy (non-hydrogen) atoms. The molecule has 7 heteroatoms. The lowest BCUT2D eigenvalue weighted by atomic mass is 10.0. The SMILES string of the molecule is NCc1nc(C(=O)N2CCNCC2c2cccc(Cl)c2)cs1. The topological polar surface area (TPSA) is 71.2 Å². The largest absolute Gasteiger partial charge is 0.328 e. The van der Waals surface area contributed by atoms with Crippen LogP contribution in [0.3, 0.4) is 0 Å². The number of amides is 1. The van der Waals surface area contributed by atoms with Crippen molar-refractivity contribution >= 4 is 28.8 Å². The standard InChI is InChI=1S/C15H17ClN4OS/c16-11-3-1-2-10(6-11)13-8-18-4-5-20(13)15(21)12-9-22-14(7-17)19-12/h1-3,6,9,13,18H,4-5,7-8,17H2. The molecule has 0 saturated carbocycles. The number of carbonyl (C=O) groups is 1. The van der Waals surface area contributed by atoms with E-state index in [9.17, 15) is 4.79 Å². The fraction of sp³-hybridized carbons (Fsp3) is 0.333. The molecule has 1 aliphatic heterocycles. The van der Waals surface area contributed by atoms with E-state index in [1.54, 1.807) is 5.38 Å². The zero-order valence-corrected chi connectivity index (χ0v) is 13.5. The Kier molecular flexibility index (Phi) is 4.73. The maximum Gasteiger partial charge on any atom is 0.273 e. The zero-order valence-electron chi connectivity index (χ0n) is 12.0. The zero-order chi connectivity index (χ0) is 15.5. The van der Waals surface area contributed by atoms with Gasteiger partial charge in [-0.15, -0.1) is 11.3 Å². The first-order valence-corrected chi connectivity index (χ1v) is 8.36. The van der Waals surface area contributed by atoms with Crippen LogP contribution in [0.1, 0.15) is 27.1 Å². The minimum absolute atomic E-state index is 0.0389. The number of aromatic nitrogens is 1. The van der Waals surface area contributed by atoms with Gasteiger partial charge in [0, 0.05) is 36.6 Å². The molecule has 5 nitrogen and oxygen atoms in total. The molecule has 1 saturated heterocycles. The Hall–Kier alpha value is -1.47. The molecular weight excluding hydrogens is 320 g/mol. The highest BCUT2D eigenvalue weighted by Crippen LogP contribution is 2.26. The summed E-state index contributed by atoms with van der Waals surface area (Å²) < 4.78 is 0. The van der Waals surface area contributed by atoms with Crippen LogP contribution < -0.4 is 11.1 Å². The van der Waals surface area contributed by atoms with Gasteiger partial charge in [0.25, 0.3) is 5.91 Å². The molecule has 116 valence electrons. The van der Waals surface area contributed by atoms with E-state index in [0.717, 1.165) is 17.1 Å². The summed E-state index contributed by atoms with van der Waals surface area (Å²) in [4.78, 5) is 18.9. The quantitative estimate of drug-likeness (QED) is 0.899. The van der Waals surface area contributed by atoms with Gasteiger partial charge in [0.05, 0.1) is 6.04 Å². The highest BCUT2D eigenvalue weighted by Gasteiger charge is 2.29. The summed E-state index contributed by atoms with van der Waals surface area (Å²) in [6.45, 7) is 2.49. The normalized spacial score (nSPS) is 18.5. The van der Waals surface area contributed by atoms with Crippen molar-refractivity contribution < 1.29 is 4.79 Å². The van der Waals surface area contributed by atoms with E-state index in [-0.39, 0.29) is 11.9 Å². The van der Waals surface area contributed by atoms with Crippen molar-refractivity contribution in [3.05, 3.63) is 50.9 Å². The van der Waals surface area contributed by atoms with Crippen molar-refractivity contribution in [2.75, 3.05) is 19.6 Å². The van der Waals surface area contributed by atoms with Crippen LogP contribution in [0.15, 0.2) is 29.6 Å². The Morgan fingerprint density at radius 2 is 2.41 bits per heavy atom. The monoisotopic (exact) mass is 336 g/mol. The van der Waals surface area contributed by atoms with Gasteiger partial charge in [0.1, 0.15) is 10.7 Å². The van der Waals surface area contributed by atoms with Crippen molar-refractivity contribution in [3.63, 3.8) is 0 Å². The first-order valence-electron chi connectivity index (χ1n) is 7.10. The molecule has 1 unspecified atom stereocenters. The van der Waals surface area contributed by atoms with Crippen LogP contribution in [-0.4, -0.2) is 35.4 Å². The van der Waals surface area contributed by atoms with Crippen LogP contribution in [0.5, 0.6) is 0 Å². The fourth-order valence-corrected chi connectivity index (χ4v) is 3.46. The van der Waals surface area contributed by atoms with Crippen LogP contribution in [-0.2, 0) is 6.54 Å². The number of hydrogen-bond acceptors (Lipinski definition) is 5. The summed E-state index contributed by atoms with van der Waals surface area (Å²) in [6, 6.07) is 7.61. The van der Waals surface area contributed by atoms with Crippen LogP contribution in [0, 0.1) is 0 Å². The second kappa shape index (κ2) is 6.75. The van der Waals surface area contributed by atoms with Gasteiger partial charge in [0.2, 0.25) is 0 Å².